The number of thioether (sulfide) groups is 1. The second kappa shape index (κ2) is 4.84. The summed E-state index contributed by atoms with van der Waals surface area (Å²) in [6, 6.07) is 7.94. The van der Waals surface area contributed by atoms with Gasteiger partial charge in [0, 0.05) is 29.2 Å². The molecule has 2 bridgehead atoms. The summed E-state index contributed by atoms with van der Waals surface area (Å²) < 4.78 is 5.39. The van der Waals surface area contributed by atoms with Crippen LogP contribution in [0.3, 0.4) is 0 Å². The fraction of sp³-hybridized carbons (Fsp3) is 0.500. The highest BCUT2D eigenvalue weighted by Gasteiger charge is 2.41. The first-order valence-corrected chi connectivity index (χ1v) is 7.48. The van der Waals surface area contributed by atoms with Gasteiger partial charge in [0.25, 0.3) is 5.91 Å². The summed E-state index contributed by atoms with van der Waals surface area (Å²) >= 11 is 2.00. The zero-order valence-corrected chi connectivity index (χ0v) is 11.3. The molecule has 18 heavy (non-hydrogen) atoms. The number of nitrogens with zero attached hydrogens (tertiary/aromatic N) is 1. The highest BCUT2D eigenvalue weighted by Crippen LogP contribution is 2.38. The number of ether oxygens (including phenoxy) is 1. The summed E-state index contributed by atoms with van der Waals surface area (Å²) in [6.07, 6.45) is 1.17. The van der Waals surface area contributed by atoms with Crippen LogP contribution in [0, 0.1) is 0 Å². The average molecular weight is 263 g/mol. The molecule has 1 aromatic carbocycles. The van der Waals surface area contributed by atoms with E-state index in [-0.39, 0.29) is 5.91 Å². The summed E-state index contributed by atoms with van der Waals surface area (Å²) in [7, 11) is 0. The molecule has 3 rings (SSSR count). The van der Waals surface area contributed by atoms with E-state index in [1.807, 2.05) is 47.9 Å². The van der Waals surface area contributed by atoms with Gasteiger partial charge >= 0.3 is 0 Å². The molecule has 2 aliphatic heterocycles. The molecule has 0 N–H and O–H groups in total. The molecule has 96 valence electrons. The Kier molecular flexibility index (Phi) is 3.20. The Labute approximate surface area is 111 Å². The molecule has 2 atom stereocenters. The van der Waals surface area contributed by atoms with Crippen LogP contribution >= 0.6 is 11.8 Å². The summed E-state index contributed by atoms with van der Waals surface area (Å²) in [4.78, 5) is 14.4. The van der Waals surface area contributed by atoms with Crippen molar-refractivity contribution in [3.05, 3.63) is 29.8 Å². The molecule has 0 aliphatic carbocycles. The van der Waals surface area contributed by atoms with E-state index in [4.69, 9.17) is 4.74 Å². The molecule has 0 saturated carbocycles. The SMILES string of the molecule is CCOc1ccc(C(=O)N2CC3CC2CS3)cc1. The number of amides is 1. The predicted molar refractivity (Wildman–Crippen MR) is 73.3 cm³/mol. The molecule has 0 spiro atoms. The van der Waals surface area contributed by atoms with Gasteiger partial charge in [-0.25, -0.2) is 0 Å². The molecule has 1 aromatic rings. The number of fused-ring (bicyclic) bond motifs is 2. The zero-order chi connectivity index (χ0) is 12.5. The van der Waals surface area contributed by atoms with E-state index in [1.54, 1.807) is 0 Å². The molecule has 2 aliphatic rings. The lowest BCUT2D eigenvalue weighted by atomic mass is 10.1. The molecule has 1 amide bonds. The molecule has 3 nitrogen and oxygen atoms in total. The Balaban J connectivity index is 1.72. The van der Waals surface area contributed by atoms with Crippen LogP contribution in [-0.2, 0) is 0 Å². The third kappa shape index (κ3) is 2.09. The van der Waals surface area contributed by atoms with Crippen molar-refractivity contribution in [1.29, 1.82) is 0 Å². The van der Waals surface area contributed by atoms with Gasteiger partial charge in [0.2, 0.25) is 0 Å². The standard InChI is InChI=1S/C14H17NO2S/c1-2-17-12-5-3-10(4-6-12)14(16)15-8-13-7-11(15)9-18-13/h3-6,11,13H,2,7-9H2,1H3. The quantitative estimate of drug-likeness (QED) is 0.838. The van der Waals surface area contributed by atoms with Gasteiger partial charge in [-0.2, -0.15) is 11.8 Å². The molecule has 0 aromatic heterocycles. The molecular formula is C14H17NO2S. The lowest BCUT2D eigenvalue weighted by Crippen LogP contribution is -2.39. The van der Waals surface area contributed by atoms with Crippen molar-refractivity contribution in [2.75, 3.05) is 18.9 Å². The number of rotatable bonds is 3. The van der Waals surface area contributed by atoms with E-state index in [2.05, 4.69) is 0 Å². The molecular weight excluding hydrogens is 246 g/mol. The van der Waals surface area contributed by atoms with Crippen LogP contribution in [0.25, 0.3) is 0 Å². The van der Waals surface area contributed by atoms with Gasteiger partial charge in [0.15, 0.2) is 0 Å². The van der Waals surface area contributed by atoms with E-state index in [0.29, 0.717) is 17.9 Å². The molecule has 2 saturated heterocycles. The summed E-state index contributed by atoms with van der Waals surface area (Å²) in [5.41, 5.74) is 0.774. The maximum absolute atomic E-state index is 12.4. The number of carbonyl (C=O) groups excluding carboxylic acids is 1. The minimum absolute atomic E-state index is 0.172. The second-order valence-electron chi connectivity index (χ2n) is 4.76. The first kappa shape index (κ1) is 11.9. The Morgan fingerprint density at radius 3 is 2.78 bits per heavy atom. The zero-order valence-electron chi connectivity index (χ0n) is 10.5. The van der Waals surface area contributed by atoms with E-state index in [0.717, 1.165) is 23.6 Å². The predicted octanol–water partition coefficient (Wildman–Crippen LogP) is 2.42. The van der Waals surface area contributed by atoms with E-state index >= 15 is 0 Å². The highest BCUT2D eigenvalue weighted by molar-refractivity contribution is 8.00. The molecule has 2 heterocycles. The minimum Gasteiger partial charge on any atom is -0.494 e. The number of benzene rings is 1. The van der Waals surface area contributed by atoms with E-state index in [9.17, 15) is 4.79 Å². The molecule has 0 radical (unpaired) electrons. The smallest absolute Gasteiger partial charge is 0.254 e. The third-order valence-electron chi connectivity index (χ3n) is 3.57. The van der Waals surface area contributed by atoms with Gasteiger partial charge in [0.05, 0.1) is 6.61 Å². The van der Waals surface area contributed by atoms with Crippen molar-refractivity contribution >= 4 is 17.7 Å². The highest BCUT2D eigenvalue weighted by atomic mass is 32.2. The van der Waals surface area contributed by atoms with Gasteiger partial charge in [-0.15, -0.1) is 0 Å². The molecule has 2 fully saturated rings. The summed E-state index contributed by atoms with van der Waals surface area (Å²) in [5, 5.41) is 0.668. The van der Waals surface area contributed by atoms with Crippen molar-refractivity contribution < 1.29 is 9.53 Å². The topological polar surface area (TPSA) is 29.5 Å². The largest absolute Gasteiger partial charge is 0.494 e. The van der Waals surface area contributed by atoms with Gasteiger partial charge < -0.3 is 9.64 Å². The van der Waals surface area contributed by atoms with Crippen LogP contribution in [0.1, 0.15) is 23.7 Å². The summed E-state index contributed by atoms with van der Waals surface area (Å²) in [5.74, 6) is 2.10. The van der Waals surface area contributed by atoms with E-state index < -0.39 is 0 Å². The van der Waals surface area contributed by atoms with Crippen LogP contribution in [0.2, 0.25) is 0 Å². The van der Waals surface area contributed by atoms with Crippen LogP contribution < -0.4 is 4.74 Å². The van der Waals surface area contributed by atoms with Gasteiger partial charge in [0.1, 0.15) is 5.75 Å². The Bertz CT molecular complexity index is 446. The fourth-order valence-electron chi connectivity index (χ4n) is 2.67. The fourth-order valence-corrected chi connectivity index (χ4v) is 4.11. The van der Waals surface area contributed by atoms with Crippen molar-refractivity contribution in [1.82, 2.24) is 4.90 Å². The van der Waals surface area contributed by atoms with Crippen molar-refractivity contribution in [2.45, 2.75) is 24.6 Å². The lowest BCUT2D eigenvalue weighted by Gasteiger charge is -2.26. The first-order chi connectivity index (χ1) is 8.78. The normalized spacial score (nSPS) is 25.5. The Morgan fingerprint density at radius 1 is 1.44 bits per heavy atom. The number of likely N-dealkylation sites (tertiary alicyclic amines) is 1. The first-order valence-electron chi connectivity index (χ1n) is 6.43. The van der Waals surface area contributed by atoms with E-state index in [1.165, 1.54) is 6.42 Å². The third-order valence-corrected chi connectivity index (χ3v) is 4.96. The van der Waals surface area contributed by atoms with Gasteiger partial charge in [-0.1, -0.05) is 0 Å². The lowest BCUT2D eigenvalue weighted by molar-refractivity contribution is 0.0747. The number of hydrogen-bond acceptors (Lipinski definition) is 3. The van der Waals surface area contributed by atoms with Gasteiger partial charge in [-0.05, 0) is 37.6 Å². The number of hydrogen-bond donors (Lipinski definition) is 0. The van der Waals surface area contributed by atoms with Crippen molar-refractivity contribution in [2.24, 2.45) is 0 Å². The van der Waals surface area contributed by atoms with Crippen LogP contribution in [-0.4, -0.2) is 41.0 Å². The number of carbonyl (C=O) groups is 1. The monoisotopic (exact) mass is 263 g/mol. The van der Waals surface area contributed by atoms with Crippen LogP contribution in [0.15, 0.2) is 24.3 Å². The maximum Gasteiger partial charge on any atom is 0.254 e. The maximum atomic E-state index is 12.4. The molecule has 2 unspecified atom stereocenters. The average Bonchev–Trinajstić information content (AvgIpc) is 3.01. The van der Waals surface area contributed by atoms with Gasteiger partial charge in [-0.3, -0.25) is 4.79 Å². The van der Waals surface area contributed by atoms with Crippen LogP contribution in [0.5, 0.6) is 5.75 Å². The van der Waals surface area contributed by atoms with Crippen molar-refractivity contribution in [3.63, 3.8) is 0 Å². The minimum atomic E-state index is 0.172. The van der Waals surface area contributed by atoms with Crippen LogP contribution in [0.4, 0.5) is 0 Å². The second-order valence-corrected chi connectivity index (χ2v) is 6.09. The van der Waals surface area contributed by atoms with Crippen molar-refractivity contribution in [3.8, 4) is 5.75 Å². The summed E-state index contributed by atoms with van der Waals surface area (Å²) in [6.45, 7) is 3.53. The Morgan fingerprint density at radius 2 is 2.22 bits per heavy atom. The molecule has 4 heteroatoms. The Hall–Kier alpha value is -1.16.